The summed E-state index contributed by atoms with van der Waals surface area (Å²) in [6.07, 6.45) is 3.87. The Morgan fingerprint density at radius 3 is 2.15 bits per heavy atom. The Morgan fingerprint density at radius 1 is 1.15 bits per heavy atom. The minimum absolute atomic E-state index is 0.402. The third-order valence-electron chi connectivity index (χ3n) is 1.41. The van der Waals surface area contributed by atoms with E-state index in [2.05, 4.69) is 15.9 Å². The van der Waals surface area contributed by atoms with Crippen LogP contribution in [0.1, 0.15) is 5.56 Å². The van der Waals surface area contributed by atoms with Crippen LogP contribution in [0.2, 0.25) is 15.1 Å². The van der Waals surface area contributed by atoms with Crippen LogP contribution in [0.3, 0.4) is 0 Å². The lowest BCUT2D eigenvalue weighted by Crippen LogP contribution is -1.76. The van der Waals surface area contributed by atoms with Crippen molar-refractivity contribution in [2.45, 2.75) is 0 Å². The summed E-state index contributed by atoms with van der Waals surface area (Å²) in [5.74, 6) is 0. The molecule has 1 aromatic carbocycles. The number of alkyl halides is 1. The molecule has 0 spiro atoms. The molecule has 0 nitrogen and oxygen atoms in total. The van der Waals surface area contributed by atoms with Crippen molar-refractivity contribution in [1.29, 1.82) is 0 Å². The fraction of sp³-hybridized carbons (Fsp3) is 0.111. The fourth-order valence-corrected chi connectivity index (χ4v) is 1.65. The van der Waals surface area contributed by atoms with Gasteiger partial charge in [-0.3, -0.25) is 0 Å². The molecule has 0 amide bonds. The van der Waals surface area contributed by atoms with Crippen LogP contribution >= 0.6 is 50.7 Å². The minimum atomic E-state index is 0.402. The van der Waals surface area contributed by atoms with Gasteiger partial charge in [0.25, 0.3) is 0 Å². The molecule has 70 valence electrons. The van der Waals surface area contributed by atoms with E-state index in [1.807, 2.05) is 12.2 Å². The highest BCUT2D eigenvalue weighted by Gasteiger charge is 2.03. The van der Waals surface area contributed by atoms with Gasteiger partial charge < -0.3 is 0 Å². The first kappa shape index (κ1) is 11.4. The van der Waals surface area contributed by atoms with Gasteiger partial charge >= 0.3 is 0 Å². The zero-order valence-electron chi connectivity index (χ0n) is 6.53. The molecule has 0 heterocycles. The van der Waals surface area contributed by atoms with Crippen molar-refractivity contribution < 1.29 is 0 Å². The number of benzene rings is 1. The smallest absolute Gasteiger partial charge is 0.0778 e. The van der Waals surface area contributed by atoms with Gasteiger partial charge in [-0.1, -0.05) is 62.9 Å². The van der Waals surface area contributed by atoms with Gasteiger partial charge in [0.1, 0.15) is 0 Å². The predicted molar refractivity (Wildman–Crippen MR) is 64.3 cm³/mol. The van der Waals surface area contributed by atoms with E-state index in [4.69, 9.17) is 34.8 Å². The van der Waals surface area contributed by atoms with E-state index >= 15 is 0 Å². The van der Waals surface area contributed by atoms with Crippen molar-refractivity contribution >= 4 is 56.8 Å². The Morgan fingerprint density at radius 2 is 1.69 bits per heavy atom. The standard InChI is InChI=1S/C9H6BrCl3/c10-3-1-2-6-4-7(11)9(13)8(12)5-6/h1-2,4-5H,3H2. The van der Waals surface area contributed by atoms with Gasteiger partial charge in [-0.05, 0) is 17.7 Å². The van der Waals surface area contributed by atoms with E-state index in [1.54, 1.807) is 12.1 Å². The molecular weight excluding hydrogens is 294 g/mol. The second-order valence-corrected chi connectivity index (χ2v) is 4.20. The Labute approximate surface area is 101 Å². The third kappa shape index (κ3) is 3.17. The summed E-state index contributed by atoms with van der Waals surface area (Å²) >= 11 is 20.7. The highest BCUT2D eigenvalue weighted by molar-refractivity contribution is 9.09. The van der Waals surface area contributed by atoms with Gasteiger partial charge in [-0.15, -0.1) is 0 Å². The Bertz CT molecular complexity index is 311. The van der Waals surface area contributed by atoms with Crippen molar-refractivity contribution in [1.82, 2.24) is 0 Å². The van der Waals surface area contributed by atoms with E-state index in [1.165, 1.54) is 0 Å². The van der Waals surface area contributed by atoms with Gasteiger partial charge in [0, 0.05) is 5.33 Å². The van der Waals surface area contributed by atoms with Crippen LogP contribution in [-0.2, 0) is 0 Å². The van der Waals surface area contributed by atoms with Crippen LogP contribution in [0.5, 0.6) is 0 Å². The van der Waals surface area contributed by atoms with Gasteiger partial charge in [0.15, 0.2) is 0 Å². The first-order valence-electron chi connectivity index (χ1n) is 3.52. The van der Waals surface area contributed by atoms with Crippen LogP contribution < -0.4 is 0 Å². The lowest BCUT2D eigenvalue weighted by molar-refractivity contribution is 1.64. The molecule has 0 aliphatic rings. The van der Waals surface area contributed by atoms with Crippen LogP contribution in [0.25, 0.3) is 6.08 Å². The Balaban J connectivity index is 3.06. The lowest BCUT2D eigenvalue weighted by Gasteiger charge is -2.00. The second-order valence-electron chi connectivity index (χ2n) is 2.36. The number of hydrogen-bond acceptors (Lipinski definition) is 0. The van der Waals surface area contributed by atoms with E-state index in [0.717, 1.165) is 10.9 Å². The molecule has 0 bridgehead atoms. The molecule has 0 aliphatic heterocycles. The summed E-state index contributed by atoms with van der Waals surface area (Å²) in [6.45, 7) is 0. The molecule has 0 fully saturated rings. The van der Waals surface area contributed by atoms with Crippen LogP contribution in [-0.4, -0.2) is 5.33 Å². The quantitative estimate of drug-likeness (QED) is 0.529. The number of allylic oxidation sites excluding steroid dienone is 1. The molecule has 0 aromatic heterocycles. The maximum Gasteiger partial charge on any atom is 0.0778 e. The lowest BCUT2D eigenvalue weighted by atomic mass is 10.2. The van der Waals surface area contributed by atoms with Crippen molar-refractivity contribution in [2.24, 2.45) is 0 Å². The molecule has 0 N–H and O–H groups in total. The van der Waals surface area contributed by atoms with E-state index in [-0.39, 0.29) is 0 Å². The second kappa shape index (κ2) is 5.26. The van der Waals surface area contributed by atoms with Crippen molar-refractivity contribution in [3.05, 3.63) is 38.8 Å². The summed E-state index contributed by atoms with van der Waals surface area (Å²) in [5.41, 5.74) is 0.943. The molecule has 0 unspecified atom stereocenters. The Hall–Kier alpha value is 0.310. The third-order valence-corrected chi connectivity index (χ3v) is 2.98. The molecule has 0 saturated carbocycles. The minimum Gasteiger partial charge on any atom is -0.0883 e. The van der Waals surface area contributed by atoms with Crippen molar-refractivity contribution in [3.63, 3.8) is 0 Å². The van der Waals surface area contributed by atoms with Gasteiger partial charge in [-0.2, -0.15) is 0 Å². The van der Waals surface area contributed by atoms with Crippen LogP contribution in [0, 0.1) is 0 Å². The first-order chi connectivity index (χ1) is 6.15. The van der Waals surface area contributed by atoms with Gasteiger partial charge in [0.2, 0.25) is 0 Å². The first-order valence-corrected chi connectivity index (χ1v) is 5.77. The van der Waals surface area contributed by atoms with E-state index < -0.39 is 0 Å². The fourth-order valence-electron chi connectivity index (χ4n) is 0.852. The zero-order valence-corrected chi connectivity index (χ0v) is 10.4. The van der Waals surface area contributed by atoms with Gasteiger partial charge in [-0.25, -0.2) is 0 Å². The average molecular weight is 300 g/mol. The predicted octanol–water partition coefficient (Wildman–Crippen LogP) is 5.05. The molecule has 1 rings (SSSR count). The van der Waals surface area contributed by atoms with E-state index in [9.17, 15) is 0 Å². The van der Waals surface area contributed by atoms with Crippen LogP contribution in [0.4, 0.5) is 0 Å². The Kier molecular flexibility index (Phi) is 4.60. The summed E-state index contributed by atoms with van der Waals surface area (Å²) in [6, 6.07) is 3.55. The zero-order chi connectivity index (χ0) is 9.84. The molecule has 0 radical (unpaired) electrons. The SMILES string of the molecule is Clc1cc(C=CCBr)cc(Cl)c1Cl. The van der Waals surface area contributed by atoms with E-state index in [0.29, 0.717) is 15.1 Å². The monoisotopic (exact) mass is 298 g/mol. The summed E-state index contributed by atoms with van der Waals surface area (Å²) in [7, 11) is 0. The molecule has 4 heteroatoms. The van der Waals surface area contributed by atoms with Crippen LogP contribution in [0.15, 0.2) is 18.2 Å². The number of halogens is 4. The number of rotatable bonds is 2. The normalized spacial score (nSPS) is 11.1. The summed E-state index contributed by atoms with van der Waals surface area (Å²) < 4.78 is 0. The topological polar surface area (TPSA) is 0 Å². The molecule has 0 aliphatic carbocycles. The maximum absolute atomic E-state index is 5.84. The molecule has 13 heavy (non-hydrogen) atoms. The molecule has 0 atom stereocenters. The average Bonchev–Trinajstić information content (AvgIpc) is 2.10. The molecular formula is C9H6BrCl3. The highest BCUT2D eigenvalue weighted by atomic mass is 79.9. The van der Waals surface area contributed by atoms with Gasteiger partial charge in [0.05, 0.1) is 15.1 Å². The molecule has 1 aromatic rings. The summed E-state index contributed by atoms with van der Waals surface area (Å²) in [4.78, 5) is 0. The highest BCUT2D eigenvalue weighted by Crippen LogP contribution is 2.31. The summed E-state index contributed by atoms with van der Waals surface area (Å²) in [5, 5.41) is 2.15. The number of hydrogen-bond donors (Lipinski definition) is 0. The molecule has 0 saturated heterocycles. The van der Waals surface area contributed by atoms with Crippen molar-refractivity contribution in [3.8, 4) is 0 Å². The largest absolute Gasteiger partial charge is 0.0883 e. The maximum atomic E-state index is 5.84. The van der Waals surface area contributed by atoms with Crippen molar-refractivity contribution in [2.75, 3.05) is 5.33 Å².